The van der Waals surface area contributed by atoms with Gasteiger partial charge in [-0.05, 0) is 36.2 Å². The Morgan fingerprint density at radius 3 is 2.42 bits per heavy atom. The standard InChI is InChI=1S/C25H24FN5O3S2/c26-19-9-4-5-11-22(19)30-13-15-31(16-14-30)25(32)21(17-18-7-2-1-3-8-18)29-36(33,34)23-12-6-10-20-24(23)28-35-27-20/h1-12,21,29H,13-17H2/t21-/m1/s1. The topological polar surface area (TPSA) is 95.5 Å². The number of para-hydroxylation sites is 1. The summed E-state index contributed by atoms with van der Waals surface area (Å²) in [5.41, 5.74) is 2.09. The summed E-state index contributed by atoms with van der Waals surface area (Å²) in [5, 5.41) is 0. The molecular formula is C25H24FN5O3S2. The van der Waals surface area contributed by atoms with Crippen molar-refractivity contribution in [3.63, 3.8) is 0 Å². The molecule has 0 aliphatic carbocycles. The highest BCUT2D eigenvalue weighted by molar-refractivity contribution is 7.89. The Labute approximate surface area is 212 Å². The third kappa shape index (κ3) is 5.08. The van der Waals surface area contributed by atoms with E-state index in [1.54, 1.807) is 35.2 Å². The molecule has 1 fully saturated rings. The number of nitrogens with zero attached hydrogens (tertiary/aromatic N) is 4. The molecule has 3 aromatic carbocycles. The number of sulfonamides is 1. The number of fused-ring (bicyclic) bond motifs is 1. The predicted molar refractivity (Wildman–Crippen MR) is 137 cm³/mol. The number of aromatic nitrogens is 2. The summed E-state index contributed by atoms with van der Waals surface area (Å²) in [7, 11) is -4.07. The van der Waals surface area contributed by atoms with Gasteiger partial charge in [-0.1, -0.05) is 48.5 Å². The highest BCUT2D eigenvalue weighted by Crippen LogP contribution is 2.23. The van der Waals surface area contributed by atoms with Crippen LogP contribution >= 0.6 is 11.7 Å². The molecule has 2 heterocycles. The zero-order valence-electron chi connectivity index (χ0n) is 19.2. The number of carbonyl (C=O) groups is 1. The fourth-order valence-corrected chi connectivity index (χ4v) is 6.33. The fraction of sp³-hybridized carbons (Fsp3) is 0.240. The van der Waals surface area contributed by atoms with E-state index in [-0.39, 0.29) is 28.6 Å². The Kier molecular flexibility index (Phi) is 6.95. The highest BCUT2D eigenvalue weighted by Gasteiger charge is 2.32. The van der Waals surface area contributed by atoms with Crippen molar-refractivity contribution in [2.24, 2.45) is 0 Å². The first-order chi connectivity index (χ1) is 17.4. The van der Waals surface area contributed by atoms with Crippen LogP contribution in [0.5, 0.6) is 0 Å². The maximum Gasteiger partial charge on any atom is 0.243 e. The van der Waals surface area contributed by atoms with Gasteiger partial charge in [0.15, 0.2) is 0 Å². The second kappa shape index (κ2) is 10.3. The Bertz CT molecular complexity index is 1470. The summed E-state index contributed by atoms with van der Waals surface area (Å²) in [6.45, 7) is 1.60. The number of hydrogen-bond donors (Lipinski definition) is 1. The highest BCUT2D eigenvalue weighted by atomic mass is 32.2. The molecule has 1 amide bonds. The second-order valence-electron chi connectivity index (χ2n) is 8.52. The first-order valence-corrected chi connectivity index (χ1v) is 13.7. The van der Waals surface area contributed by atoms with E-state index in [9.17, 15) is 17.6 Å². The van der Waals surface area contributed by atoms with Crippen molar-refractivity contribution in [2.45, 2.75) is 17.4 Å². The molecule has 36 heavy (non-hydrogen) atoms. The number of benzene rings is 3. The van der Waals surface area contributed by atoms with Crippen LogP contribution in [0.25, 0.3) is 11.0 Å². The van der Waals surface area contributed by atoms with Gasteiger partial charge >= 0.3 is 0 Å². The normalized spacial score (nSPS) is 15.2. The fourth-order valence-electron chi connectivity index (χ4n) is 4.37. The van der Waals surface area contributed by atoms with Crippen LogP contribution in [0.2, 0.25) is 0 Å². The van der Waals surface area contributed by atoms with Gasteiger partial charge in [-0.2, -0.15) is 13.5 Å². The number of rotatable bonds is 7. The van der Waals surface area contributed by atoms with E-state index >= 15 is 0 Å². The van der Waals surface area contributed by atoms with Gasteiger partial charge in [0.05, 0.1) is 17.4 Å². The first kappa shape index (κ1) is 24.3. The molecular weight excluding hydrogens is 501 g/mol. The molecule has 1 aromatic heterocycles. The van der Waals surface area contributed by atoms with Crippen molar-refractivity contribution in [2.75, 3.05) is 31.1 Å². The largest absolute Gasteiger partial charge is 0.366 e. The van der Waals surface area contributed by atoms with Crippen molar-refractivity contribution in [3.8, 4) is 0 Å². The third-order valence-electron chi connectivity index (χ3n) is 6.20. The van der Waals surface area contributed by atoms with Crippen LogP contribution in [-0.4, -0.2) is 60.2 Å². The molecule has 1 aliphatic heterocycles. The third-order valence-corrected chi connectivity index (χ3v) is 8.25. The van der Waals surface area contributed by atoms with Crippen molar-refractivity contribution < 1.29 is 17.6 Å². The molecule has 1 saturated heterocycles. The van der Waals surface area contributed by atoms with Gasteiger partial charge < -0.3 is 9.80 Å². The van der Waals surface area contributed by atoms with Crippen LogP contribution in [0.3, 0.4) is 0 Å². The average molecular weight is 526 g/mol. The SMILES string of the molecule is O=C([C@@H](Cc1ccccc1)NS(=O)(=O)c1cccc2nsnc12)N1CCN(c2ccccc2F)CC1. The number of anilines is 1. The first-order valence-electron chi connectivity index (χ1n) is 11.5. The van der Waals surface area contributed by atoms with Crippen LogP contribution in [-0.2, 0) is 21.2 Å². The number of nitrogens with one attached hydrogen (secondary N) is 1. The van der Waals surface area contributed by atoms with Gasteiger partial charge in [0.1, 0.15) is 27.8 Å². The quantitative estimate of drug-likeness (QED) is 0.399. The molecule has 186 valence electrons. The van der Waals surface area contributed by atoms with Gasteiger partial charge in [-0.15, -0.1) is 0 Å². The van der Waals surface area contributed by atoms with Crippen LogP contribution in [0, 0.1) is 5.82 Å². The lowest BCUT2D eigenvalue weighted by atomic mass is 10.1. The molecule has 11 heteroatoms. The summed E-state index contributed by atoms with van der Waals surface area (Å²) in [4.78, 5) is 17.1. The number of carbonyl (C=O) groups excluding carboxylic acids is 1. The molecule has 4 aromatic rings. The minimum Gasteiger partial charge on any atom is -0.366 e. The smallest absolute Gasteiger partial charge is 0.243 e. The Morgan fingerprint density at radius 1 is 0.944 bits per heavy atom. The zero-order valence-corrected chi connectivity index (χ0v) is 20.9. The van der Waals surface area contributed by atoms with E-state index in [1.165, 1.54) is 12.1 Å². The predicted octanol–water partition coefficient (Wildman–Crippen LogP) is 3.07. The van der Waals surface area contributed by atoms with E-state index in [2.05, 4.69) is 13.5 Å². The van der Waals surface area contributed by atoms with Crippen molar-refractivity contribution in [3.05, 3.63) is 84.2 Å². The molecule has 0 spiro atoms. The summed E-state index contributed by atoms with van der Waals surface area (Å²) in [6.07, 6.45) is 0.192. The monoisotopic (exact) mass is 525 g/mol. The number of piperazine rings is 1. The van der Waals surface area contributed by atoms with E-state index in [1.807, 2.05) is 35.2 Å². The van der Waals surface area contributed by atoms with Gasteiger partial charge in [-0.25, -0.2) is 12.8 Å². The summed E-state index contributed by atoms with van der Waals surface area (Å²) in [5.74, 6) is -0.628. The zero-order chi connectivity index (χ0) is 25.1. The number of amides is 1. The van der Waals surface area contributed by atoms with E-state index in [0.717, 1.165) is 17.3 Å². The average Bonchev–Trinajstić information content (AvgIpc) is 3.38. The molecule has 1 N–H and O–H groups in total. The lowest BCUT2D eigenvalue weighted by Crippen LogP contribution is -2.55. The molecule has 0 unspecified atom stereocenters. The summed E-state index contributed by atoms with van der Waals surface area (Å²) < 4.78 is 51.9. The van der Waals surface area contributed by atoms with Gasteiger partial charge in [0.2, 0.25) is 15.9 Å². The Morgan fingerprint density at radius 2 is 1.67 bits per heavy atom. The van der Waals surface area contributed by atoms with Gasteiger partial charge in [0, 0.05) is 26.2 Å². The second-order valence-corrected chi connectivity index (χ2v) is 10.7. The van der Waals surface area contributed by atoms with Gasteiger partial charge in [0.25, 0.3) is 0 Å². The Balaban J connectivity index is 1.37. The van der Waals surface area contributed by atoms with Crippen LogP contribution in [0.4, 0.5) is 10.1 Å². The van der Waals surface area contributed by atoms with E-state index in [0.29, 0.717) is 37.4 Å². The van der Waals surface area contributed by atoms with E-state index in [4.69, 9.17) is 0 Å². The molecule has 0 bridgehead atoms. The molecule has 8 nitrogen and oxygen atoms in total. The molecule has 5 rings (SSSR count). The molecule has 1 aliphatic rings. The number of hydrogen-bond acceptors (Lipinski definition) is 7. The van der Waals surface area contributed by atoms with Crippen LogP contribution in [0.15, 0.2) is 77.7 Å². The maximum atomic E-state index is 14.2. The molecule has 0 saturated carbocycles. The minimum absolute atomic E-state index is 0.0102. The number of halogens is 1. The van der Waals surface area contributed by atoms with Gasteiger partial charge in [-0.3, -0.25) is 4.79 Å². The van der Waals surface area contributed by atoms with Crippen LogP contribution in [0.1, 0.15) is 5.56 Å². The minimum atomic E-state index is -4.07. The van der Waals surface area contributed by atoms with Crippen molar-refractivity contribution in [1.82, 2.24) is 18.4 Å². The van der Waals surface area contributed by atoms with Crippen molar-refractivity contribution >= 4 is 44.4 Å². The summed E-state index contributed by atoms with van der Waals surface area (Å²) >= 11 is 0.934. The van der Waals surface area contributed by atoms with Crippen molar-refractivity contribution in [1.29, 1.82) is 0 Å². The Hall–Kier alpha value is -3.41. The maximum absolute atomic E-state index is 14.2. The molecule has 0 radical (unpaired) electrons. The molecule has 1 atom stereocenters. The lowest BCUT2D eigenvalue weighted by molar-refractivity contribution is -0.133. The van der Waals surface area contributed by atoms with E-state index < -0.39 is 16.1 Å². The lowest BCUT2D eigenvalue weighted by Gasteiger charge is -2.37. The summed E-state index contributed by atoms with van der Waals surface area (Å²) in [6, 6.07) is 19.6. The van der Waals surface area contributed by atoms with Crippen LogP contribution < -0.4 is 9.62 Å².